The standard InChI is InChI=1S/C21H21FN2O3S2/c1-14-7-9-16(11-17(14)22)24-18-12-29(26,27)13-19(18)28-21(24)23-20(25)10-8-15-5-3-2-4-6-15/h2-7,9,11,18-19H,8,10,12-13H2,1H3/t18-,19+/m1/s1. The number of sulfone groups is 1. The second-order valence-corrected chi connectivity index (χ2v) is 10.7. The average molecular weight is 433 g/mol. The fourth-order valence-corrected chi connectivity index (χ4v) is 7.59. The summed E-state index contributed by atoms with van der Waals surface area (Å²) >= 11 is 1.30. The Labute approximate surface area is 173 Å². The highest BCUT2D eigenvalue weighted by atomic mass is 32.2. The lowest BCUT2D eigenvalue weighted by Crippen LogP contribution is -2.37. The molecule has 2 atom stereocenters. The highest BCUT2D eigenvalue weighted by Gasteiger charge is 2.49. The summed E-state index contributed by atoms with van der Waals surface area (Å²) in [5, 5.41) is 0.251. The lowest BCUT2D eigenvalue weighted by molar-refractivity contribution is -0.117. The van der Waals surface area contributed by atoms with Crippen molar-refractivity contribution in [3.63, 3.8) is 0 Å². The second-order valence-electron chi connectivity index (χ2n) is 7.38. The third-order valence-electron chi connectivity index (χ3n) is 5.19. The monoisotopic (exact) mass is 432 g/mol. The fraction of sp³-hybridized carbons (Fsp3) is 0.333. The number of aliphatic imine (C=N–C) groups is 1. The van der Waals surface area contributed by atoms with Crippen LogP contribution in [-0.4, -0.2) is 42.3 Å². The number of fused-ring (bicyclic) bond motifs is 1. The molecule has 152 valence electrons. The van der Waals surface area contributed by atoms with Crippen molar-refractivity contribution in [3.05, 3.63) is 65.5 Å². The molecule has 2 saturated heterocycles. The van der Waals surface area contributed by atoms with Gasteiger partial charge in [-0.1, -0.05) is 48.2 Å². The number of thioether (sulfide) groups is 1. The largest absolute Gasteiger partial charge is 0.315 e. The molecule has 2 heterocycles. The third-order valence-corrected chi connectivity index (χ3v) is 8.40. The molecular formula is C21H21FN2O3S2. The first-order valence-electron chi connectivity index (χ1n) is 9.40. The van der Waals surface area contributed by atoms with Gasteiger partial charge < -0.3 is 4.90 Å². The van der Waals surface area contributed by atoms with Gasteiger partial charge in [-0.15, -0.1) is 0 Å². The summed E-state index contributed by atoms with van der Waals surface area (Å²) < 4.78 is 38.4. The number of hydrogen-bond acceptors (Lipinski definition) is 4. The number of rotatable bonds is 4. The summed E-state index contributed by atoms with van der Waals surface area (Å²) in [6, 6.07) is 14.1. The lowest BCUT2D eigenvalue weighted by Gasteiger charge is -2.24. The number of carbonyl (C=O) groups is 1. The van der Waals surface area contributed by atoms with E-state index in [0.717, 1.165) is 5.56 Å². The van der Waals surface area contributed by atoms with Crippen molar-refractivity contribution >= 4 is 38.4 Å². The maximum atomic E-state index is 14.2. The van der Waals surface area contributed by atoms with E-state index in [2.05, 4.69) is 4.99 Å². The van der Waals surface area contributed by atoms with Crippen LogP contribution in [0, 0.1) is 12.7 Å². The molecule has 29 heavy (non-hydrogen) atoms. The van der Waals surface area contributed by atoms with Gasteiger partial charge in [0.1, 0.15) is 5.82 Å². The van der Waals surface area contributed by atoms with Gasteiger partial charge in [-0.3, -0.25) is 4.79 Å². The van der Waals surface area contributed by atoms with E-state index >= 15 is 0 Å². The van der Waals surface area contributed by atoms with E-state index in [1.54, 1.807) is 24.0 Å². The smallest absolute Gasteiger partial charge is 0.248 e. The minimum atomic E-state index is -3.16. The maximum Gasteiger partial charge on any atom is 0.248 e. The van der Waals surface area contributed by atoms with Gasteiger partial charge in [0.25, 0.3) is 0 Å². The molecule has 0 aromatic heterocycles. The minimum Gasteiger partial charge on any atom is -0.315 e. The van der Waals surface area contributed by atoms with Crippen molar-refractivity contribution in [1.29, 1.82) is 0 Å². The zero-order valence-corrected chi connectivity index (χ0v) is 17.5. The zero-order chi connectivity index (χ0) is 20.6. The molecule has 0 saturated carbocycles. The molecule has 8 heteroatoms. The number of amidine groups is 1. The summed E-state index contributed by atoms with van der Waals surface area (Å²) in [5.74, 6) is -0.606. The van der Waals surface area contributed by atoms with E-state index in [-0.39, 0.29) is 40.9 Å². The highest BCUT2D eigenvalue weighted by Crippen LogP contribution is 2.41. The first-order chi connectivity index (χ1) is 13.8. The van der Waals surface area contributed by atoms with Crippen LogP contribution in [0.2, 0.25) is 0 Å². The third kappa shape index (κ3) is 4.38. The van der Waals surface area contributed by atoms with Crippen LogP contribution in [0.4, 0.5) is 10.1 Å². The first-order valence-corrected chi connectivity index (χ1v) is 12.1. The molecule has 0 radical (unpaired) electrons. The Bertz CT molecular complexity index is 1070. The van der Waals surface area contributed by atoms with Crippen LogP contribution in [0.15, 0.2) is 53.5 Å². The van der Waals surface area contributed by atoms with Crippen LogP contribution in [-0.2, 0) is 21.1 Å². The summed E-state index contributed by atoms with van der Waals surface area (Å²) in [6.07, 6.45) is 0.847. The maximum absolute atomic E-state index is 14.2. The molecule has 2 aliphatic rings. The summed E-state index contributed by atoms with van der Waals surface area (Å²) in [6.45, 7) is 1.67. The summed E-state index contributed by atoms with van der Waals surface area (Å²) in [7, 11) is -3.16. The van der Waals surface area contributed by atoms with Crippen molar-refractivity contribution in [3.8, 4) is 0 Å². The first kappa shape index (κ1) is 20.1. The molecule has 1 amide bonds. The molecule has 0 unspecified atom stereocenters. The van der Waals surface area contributed by atoms with Crippen molar-refractivity contribution in [2.75, 3.05) is 16.4 Å². The number of benzene rings is 2. The van der Waals surface area contributed by atoms with Gasteiger partial charge in [-0.25, -0.2) is 12.8 Å². The number of carbonyl (C=O) groups excluding carboxylic acids is 1. The van der Waals surface area contributed by atoms with Gasteiger partial charge in [0.05, 0.1) is 17.5 Å². The number of nitrogens with zero attached hydrogens (tertiary/aromatic N) is 2. The van der Waals surface area contributed by atoms with Crippen molar-refractivity contribution in [1.82, 2.24) is 0 Å². The van der Waals surface area contributed by atoms with E-state index in [1.165, 1.54) is 17.8 Å². The Hall–Kier alpha value is -2.19. The fourth-order valence-electron chi connectivity index (χ4n) is 3.66. The molecule has 2 fully saturated rings. The Morgan fingerprint density at radius 1 is 1.21 bits per heavy atom. The van der Waals surface area contributed by atoms with Gasteiger partial charge in [-0.05, 0) is 36.6 Å². The molecule has 2 aliphatic heterocycles. The lowest BCUT2D eigenvalue weighted by atomic mass is 10.1. The van der Waals surface area contributed by atoms with E-state index in [4.69, 9.17) is 0 Å². The van der Waals surface area contributed by atoms with Crippen LogP contribution in [0.1, 0.15) is 17.5 Å². The number of hydrogen-bond donors (Lipinski definition) is 0. The zero-order valence-electron chi connectivity index (χ0n) is 15.9. The second kappa shape index (κ2) is 7.91. The van der Waals surface area contributed by atoms with Gasteiger partial charge >= 0.3 is 0 Å². The van der Waals surface area contributed by atoms with Crippen LogP contribution in [0.3, 0.4) is 0 Å². The van der Waals surface area contributed by atoms with Gasteiger partial charge in [0.15, 0.2) is 15.0 Å². The summed E-state index contributed by atoms with van der Waals surface area (Å²) in [5.41, 5.74) is 2.09. The molecule has 2 aromatic carbocycles. The molecule has 0 aliphatic carbocycles. The van der Waals surface area contributed by atoms with Crippen LogP contribution in [0.5, 0.6) is 0 Å². The minimum absolute atomic E-state index is 0.0165. The SMILES string of the molecule is Cc1ccc(N2C(=NC(=O)CCc3ccccc3)S[C@H]3CS(=O)(=O)C[C@H]32)cc1F. The van der Waals surface area contributed by atoms with E-state index in [0.29, 0.717) is 22.8 Å². The summed E-state index contributed by atoms with van der Waals surface area (Å²) in [4.78, 5) is 18.5. The molecule has 0 spiro atoms. The topological polar surface area (TPSA) is 66.8 Å². The van der Waals surface area contributed by atoms with Crippen LogP contribution >= 0.6 is 11.8 Å². The normalized spacial score (nSPS) is 24.1. The van der Waals surface area contributed by atoms with Gasteiger partial charge in [-0.2, -0.15) is 4.99 Å². The van der Waals surface area contributed by atoms with Crippen molar-refractivity contribution < 1.29 is 17.6 Å². The van der Waals surface area contributed by atoms with Crippen molar-refractivity contribution in [2.24, 2.45) is 4.99 Å². The molecule has 5 nitrogen and oxygen atoms in total. The average Bonchev–Trinajstić information content (AvgIpc) is 3.14. The van der Waals surface area contributed by atoms with E-state index in [9.17, 15) is 17.6 Å². The van der Waals surface area contributed by atoms with Gasteiger partial charge in [0, 0.05) is 17.4 Å². The Balaban J connectivity index is 1.59. The Morgan fingerprint density at radius 2 is 1.97 bits per heavy atom. The number of anilines is 1. The van der Waals surface area contributed by atoms with Crippen LogP contribution < -0.4 is 4.90 Å². The Kier molecular flexibility index (Phi) is 5.48. The number of amides is 1. The number of halogens is 1. The molecular weight excluding hydrogens is 411 g/mol. The predicted octanol–water partition coefficient (Wildman–Crippen LogP) is 3.37. The van der Waals surface area contributed by atoms with Crippen molar-refractivity contribution in [2.45, 2.75) is 31.1 Å². The van der Waals surface area contributed by atoms with E-state index in [1.807, 2.05) is 30.3 Å². The molecule has 4 rings (SSSR count). The van der Waals surface area contributed by atoms with Crippen LogP contribution in [0.25, 0.3) is 0 Å². The molecule has 2 aromatic rings. The predicted molar refractivity (Wildman–Crippen MR) is 115 cm³/mol. The van der Waals surface area contributed by atoms with Gasteiger partial charge in [0.2, 0.25) is 5.91 Å². The Morgan fingerprint density at radius 3 is 2.69 bits per heavy atom. The molecule has 0 N–H and O–H groups in total. The highest BCUT2D eigenvalue weighted by molar-refractivity contribution is 8.16. The quantitative estimate of drug-likeness (QED) is 0.741. The number of aryl methyl sites for hydroxylation is 2. The molecule has 0 bridgehead atoms. The van der Waals surface area contributed by atoms with E-state index < -0.39 is 9.84 Å².